The van der Waals surface area contributed by atoms with E-state index in [-0.39, 0.29) is 18.3 Å². The van der Waals surface area contributed by atoms with E-state index in [1.54, 1.807) is 13.0 Å². The lowest BCUT2D eigenvalue weighted by Crippen LogP contribution is -2.24. The number of fused-ring (bicyclic) bond motifs is 1. The lowest BCUT2D eigenvalue weighted by molar-refractivity contribution is 0.0956. The number of amides is 1. The van der Waals surface area contributed by atoms with E-state index in [9.17, 15) is 9.18 Å². The van der Waals surface area contributed by atoms with Gasteiger partial charge in [-0.15, -0.1) is 11.3 Å². The van der Waals surface area contributed by atoms with Gasteiger partial charge in [0.2, 0.25) is 0 Å². The third-order valence-corrected chi connectivity index (χ3v) is 4.74. The normalized spacial score (nSPS) is 11.0. The monoisotopic (exact) mass is 309 g/mol. The molecule has 1 heterocycles. The molecule has 0 radical (unpaired) electrons. The van der Waals surface area contributed by atoms with Crippen LogP contribution in [0.3, 0.4) is 0 Å². The second kappa shape index (κ2) is 7.52. The predicted molar refractivity (Wildman–Crippen MR) is 84.4 cm³/mol. The molecule has 0 unspecified atom stereocenters. The van der Waals surface area contributed by atoms with Crippen molar-refractivity contribution in [1.29, 1.82) is 0 Å². The van der Waals surface area contributed by atoms with Crippen LogP contribution in [0.25, 0.3) is 10.1 Å². The summed E-state index contributed by atoms with van der Waals surface area (Å²) >= 11 is 1.33. The van der Waals surface area contributed by atoms with Crippen LogP contribution in [-0.4, -0.2) is 24.2 Å². The Hall–Kier alpha value is -1.46. The summed E-state index contributed by atoms with van der Waals surface area (Å²) in [5.74, 6) is -0.403. The average Bonchev–Trinajstić information content (AvgIpc) is 2.81. The molecule has 0 aliphatic carbocycles. The van der Waals surface area contributed by atoms with E-state index in [0.717, 1.165) is 30.4 Å². The third-order valence-electron chi connectivity index (χ3n) is 3.48. The number of nitrogens with one attached hydrogen (secondary N) is 1. The van der Waals surface area contributed by atoms with E-state index in [4.69, 9.17) is 5.11 Å². The quantitative estimate of drug-likeness (QED) is 0.767. The van der Waals surface area contributed by atoms with Crippen LogP contribution in [0.15, 0.2) is 18.2 Å². The highest BCUT2D eigenvalue weighted by molar-refractivity contribution is 7.21. The summed E-state index contributed by atoms with van der Waals surface area (Å²) in [4.78, 5) is 12.8. The Morgan fingerprint density at radius 2 is 2.05 bits per heavy atom. The number of halogens is 1. The molecular weight excluding hydrogens is 289 g/mol. The van der Waals surface area contributed by atoms with E-state index in [2.05, 4.69) is 5.32 Å². The maximum Gasteiger partial charge on any atom is 0.261 e. The topological polar surface area (TPSA) is 49.3 Å². The summed E-state index contributed by atoms with van der Waals surface area (Å²) in [5, 5.41) is 12.1. The van der Waals surface area contributed by atoms with Gasteiger partial charge in [-0.1, -0.05) is 18.9 Å². The Morgan fingerprint density at radius 1 is 1.29 bits per heavy atom. The number of aliphatic hydroxyl groups is 1. The Morgan fingerprint density at radius 3 is 2.76 bits per heavy atom. The lowest BCUT2D eigenvalue weighted by Gasteiger charge is -2.04. The van der Waals surface area contributed by atoms with Crippen molar-refractivity contribution in [2.45, 2.75) is 32.6 Å². The first kappa shape index (κ1) is 15.9. The number of unbranched alkanes of at least 4 members (excludes halogenated alkanes) is 3. The molecule has 21 heavy (non-hydrogen) atoms. The smallest absolute Gasteiger partial charge is 0.261 e. The van der Waals surface area contributed by atoms with Crippen LogP contribution in [0.5, 0.6) is 0 Å². The van der Waals surface area contributed by atoms with Gasteiger partial charge in [-0.25, -0.2) is 4.39 Å². The van der Waals surface area contributed by atoms with E-state index >= 15 is 0 Å². The number of hydrogen-bond acceptors (Lipinski definition) is 3. The molecule has 5 heteroatoms. The number of benzene rings is 1. The highest BCUT2D eigenvalue weighted by Gasteiger charge is 2.17. The highest BCUT2D eigenvalue weighted by Crippen LogP contribution is 2.32. The number of hydrogen-bond donors (Lipinski definition) is 2. The van der Waals surface area contributed by atoms with Crippen molar-refractivity contribution in [3.8, 4) is 0 Å². The first-order valence-electron chi connectivity index (χ1n) is 7.22. The van der Waals surface area contributed by atoms with Crippen molar-refractivity contribution in [2.24, 2.45) is 0 Å². The van der Waals surface area contributed by atoms with Crippen molar-refractivity contribution in [1.82, 2.24) is 5.32 Å². The Balaban J connectivity index is 1.97. The molecule has 114 valence electrons. The molecule has 0 aliphatic rings. The van der Waals surface area contributed by atoms with Crippen LogP contribution in [0, 0.1) is 12.7 Å². The van der Waals surface area contributed by atoms with Gasteiger partial charge in [-0.3, -0.25) is 4.79 Å². The molecule has 3 nitrogen and oxygen atoms in total. The van der Waals surface area contributed by atoms with Gasteiger partial charge in [0.25, 0.3) is 5.91 Å². The van der Waals surface area contributed by atoms with Gasteiger partial charge in [-0.05, 0) is 37.5 Å². The summed E-state index contributed by atoms with van der Waals surface area (Å²) in [5.41, 5.74) is 0.714. The minimum absolute atomic E-state index is 0.129. The summed E-state index contributed by atoms with van der Waals surface area (Å²) in [6.45, 7) is 2.62. The van der Waals surface area contributed by atoms with Gasteiger partial charge in [0.05, 0.1) is 4.88 Å². The molecular formula is C16H20FNO2S. The van der Waals surface area contributed by atoms with E-state index in [0.29, 0.717) is 22.4 Å². The van der Waals surface area contributed by atoms with Gasteiger partial charge < -0.3 is 10.4 Å². The summed E-state index contributed by atoms with van der Waals surface area (Å²) in [6.07, 6.45) is 3.66. The van der Waals surface area contributed by atoms with Crippen molar-refractivity contribution in [3.05, 3.63) is 34.5 Å². The molecule has 0 fully saturated rings. The standard InChI is InChI=1S/C16H20FNO2S/c1-11-14-12(17)7-6-8-13(14)21-15(11)16(20)18-9-4-2-3-5-10-19/h6-8,19H,2-5,9-10H2,1H3,(H,18,20). The van der Waals surface area contributed by atoms with Crippen LogP contribution in [0.4, 0.5) is 4.39 Å². The predicted octanol–water partition coefficient (Wildman–Crippen LogP) is 3.63. The van der Waals surface area contributed by atoms with Crippen LogP contribution < -0.4 is 5.32 Å². The van der Waals surface area contributed by atoms with Crippen molar-refractivity contribution < 1.29 is 14.3 Å². The molecule has 1 aromatic heterocycles. The average molecular weight is 309 g/mol. The molecule has 0 saturated carbocycles. The summed E-state index contributed by atoms with van der Waals surface area (Å²) in [6, 6.07) is 4.92. The molecule has 1 aromatic carbocycles. The number of aliphatic hydroxyl groups excluding tert-OH is 1. The first-order chi connectivity index (χ1) is 10.1. The van der Waals surface area contributed by atoms with E-state index in [1.165, 1.54) is 17.4 Å². The Kier molecular flexibility index (Phi) is 5.70. The second-order valence-electron chi connectivity index (χ2n) is 5.06. The lowest BCUT2D eigenvalue weighted by atomic mass is 10.1. The zero-order valence-corrected chi connectivity index (χ0v) is 12.9. The maximum absolute atomic E-state index is 13.8. The minimum atomic E-state index is -0.274. The van der Waals surface area contributed by atoms with Crippen molar-refractivity contribution in [2.75, 3.05) is 13.2 Å². The minimum Gasteiger partial charge on any atom is -0.396 e. The fraction of sp³-hybridized carbons (Fsp3) is 0.438. The number of thiophene rings is 1. The van der Waals surface area contributed by atoms with Gasteiger partial charge in [-0.2, -0.15) is 0 Å². The molecule has 0 aliphatic heterocycles. The van der Waals surface area contributed by atoms with Gasteiger partial charge in [0.1, 0.15) is 5.82 Å². The molecule has 0 spiro atoms. The second-order valence-corrected chi connectivity index (χ2v) is 6.12. The fourth-order valence-electron chi connectivity index (χ4n) is 2.34. The van der Waals surface area contributed by atoms with E-state index in [1.807, 2.05) is 6.07 Å². The molecule has 0 atom stereocenters. The maximum atomic E-state index is 13.8. The van der Waals surface area contributed by atoms with Crippen molar-refractivity contribution in [3.63, 3.8) is 0 Å². The SMILES string of the molecule is Cc1c(C(=O)NCCCCCCO)sc2cccc(F)c12. The zero-order chi connectivity index (χ0) is 15.2. The van der Waals surface area contributed by atoms with Gasteiger partial charge >= 0.3 is 0 Å². The Labute approximate surface area is 127 Å². The zero-order valence-electron chi connectivity index (χ0n) is 12.1. The van der Waals surface area contributed by atoms with Crippen LogP contribution in [0.2, 0.25) is 0 Å². The van der Waals surface area contributed by atoms with Gasteiger partial charge in [0, 0.05) is 23.2 Å². The molecule has 1 amide bonds. The summed E-state index contributed by atoms with van der Waals surface area (Å²) < 4.78 is 14.6. The Bertz CT molecular complexity index is 624. The number of aryl methyl sites for hydroxylation is 1. The molecule has 2 rings (SSSR count). The molecule has 2 aromatic rings. The fourth-order valence-corrected chi connectivity index (χ4v) is 3.48. The molecule has 0 saturated heterocycles. The number of carbonyl (C=O) groups is 1. The number of carbonyl (C=O) groups excluding carboxylic acids is 1. The largest absolute Gasteiger partial charge is 0.396 e. The van der Waals surface area contributed by atoms with Crippen molar-refractivity contribution >= 4 is 27.3 Å². The number of rotatable bonds is 7. The van der Waals surface area contributed by atoms with Gasteiger partial charge in [0.15, 0.2) is 0 Å². The van der Waals surface area contributed by atoms with Crippen LogP contribution in [0.1, 0.15) is 40.9 Å². The van der Waals surface area contributed by atoms with Crippen LogP contribution in [-0.2, 0) is 0 Å². The highest BCUT2D eigenvalue weighted by atomic mass is 32.1. The summed E-state index contributed by atoms with van der Waals surface area (Å²) in [7, 11) is 0. The molecule has 0 bridgehead atoms. The van der Waals surface area contributed by atoms with Crippen LogP contribution >= 0.6 is 11.3 Å². The first-order valence-corrected chi connectivity index (χ1v) is 8.03. The third kappa shape index (κ3) is 3.80. The van der Waals surface area contributed by atoms with E-state index < -0.39 is 0 Å². The molecule has 2 N–H and O–H groups in total.